The van der Waals surface area contributed by atoms with Crippen LogP contribution in [0.4, 0.5) is 0 Å². The summed E-state index contributed by atoms with van der Waals surface area (Å²) >= 11 is -3.29. The zero-order valence-electron chi connectivity index (χ0n) is 2.72. The number of rotatable bonds is 0. The first kappa shape index (κ1) is 11.6. The molecule has 0 aromatic rings. The van der Waals surface area contributed by atoms with Gasteiger partial charge in [0, 0.05) is 0 Å². The monoisotopic (exact) mass is 384 g/mol. The predicted octanol–water partition coefficient (Wildman–Crippen LogP) is 1.19. The summed E-state index contributed by atoms with van der Waals surface area (Å²) in [4.78, 5) is 0. The maximum atomic E-state index is 5.04. The van der Waals surface area contributed by atoms with Gasteiger partial charge in [-0.1, -0.05) is 0 Å². The van der Waals surface area contributed by atoms with Crippen molar-refractivity contribution in [2.45, 2.75) is 0 Å². The fraction of sp³-hybridized carbons (Fsp3) is 0. The molecular formula is H3Cl4SbSn. The molecule has 40 valence electrons. The zero-order chi connectivity index (χ0) is 4.50. The molecule has 0 heterocycles. The van der Waals surface area contributed by atoms with Gasteiger partial charge >= 0.3 is 74.0 Å². The molecule has 6 heavy (non-hydrogen) atoms. The molecule has 0 aliphatic rings. The summed E-state index contributed by atoms with van der Waals surface area (Å²) < 4.78 is 0. The van der Waals surface area contributed by atoms with Crippen molar-refractivity contribution in [2.75, 3.05) is 0 Å². The van der Waals surface area contributed by atoms with Crippen LogP contribution in [0.25, 0.3) is 0 Å². The molecule has 0 rings (SSSR count). The van der Waals surface area contributed by atoms with Crippen LogP contribution in [-0.2, 0) is 0 Å². The Labute approximate surface area is 72.6 Å². The van der Waals surface area contributed by atoms with E-state index in [0.29, 0.717) is 0 Å². The van der Waals surface area contributed by atoms with Gasteiger partial charge in [-0.15, -0.1) is 0 Å². The fourth-order valence-electron chi connectivity index (χ4n) is 0. The second-order valence-electron chi connectivity index (χ2n) is 0.429. The quantitative estimate of drug-likeness (QED) is 0.550. The molecule has 6 heteroatoms. The summed E-state index contributed by atoms with van der Waals surface area (Å²) in [5, 5.41) is 0. The molecule has 0 N–H and O–H groups in total. The Morgan fingerprint density at radius 1 is 0.833 bits per heavy atom. The summed E-state index contributed by atoms with van der Waals surface area (Å²) in [6.45, 7) is 0. The van der Waals surface area contributed by atoms with Gasteiger partial charge in [-0.25, -0.2) is 0 Å². The maximum absolute atomic E-state index is 5.04. The average molecular weight is 385 g/mol. The van der Waals surface area contributed by atoms with Crippen LogP contribution in [0.5, 0.6) is 0 Å². The van der Waals surface area contributed by atoms with Crippen LogP contribution in [-0.4, -0.2) is 38.3 Å². The first-order chi connectivity index (χ1) is 2.00. The molecule has 0 saturated carbocycles. The molecule has 0 amide bonds. The Hall–Kier alpha value is 2.78. The average Bonchev–Trinajstić information content (AvgIpc) is 0.722. The van der Waals surface area contributed by atoms with E-state index in [2.05, 4.69) is 0 Å². The van der Waals surface area contributed by atoms with E-state index in [9.17, 15) is 0 Å². The SMILES string of the molecule is [Cl][Sn]([Cl])([Cl])[Cl].[SbH3]. The Morgan fingerprint density at radius 2 is 0.833 bits per heavy atom. The van der Waals surface area contributed by atoms with Crippen LogP contribution in [0.3, 0.4) is 0 Å². The second kappa shape index (κ2) is 4.64. The second-order valence-corrected chi connectivity index (χ2v) is 25.9. The van der Waals surface area contributed by atoms with Crippen molar-refractivity contribution in [3.8, 4) is 0 Å². The van der Waals surface area contributed by atoms with Gasteiger partial charge in [-0.3, -0.25) is 0 Å². The number of hydrogen-bond donors (Lipinski definition) is 0. The minimum atomic E-state index is -3.29. The fourth-order valence-corrected chi connectivity index (χ4v) is 0. The topological polar surface area (TPSA) is 0 Å². The van der Waals surface area contributed by atoms with E-state index in [1.807, 2.05) is 0 Å². The van der Waals surface area contributed by atoms with Crippen molar-refractivity contribution < 1.29 is 0 Å². The van der Waals surface area contributed by atoms with E-state index in [0.717, 1.165) is 0 Å². The van der Waals surface area contributed by atoms with Crippen LogP contribution in [0, 0.1) is 0 Å². The van der Waals surface area contributed by atoms with E-state index in [-0.39, 0.29) is 24.4 Å². The van der Waals surface area contributed by atoms with Gasteiger partial charge in [-0.2, -0.15) is 0 Å². The molecule has 0 atom stereocenters. The number of hydrogen-bond acceptors (Lipinski definition) is 0. The van der Waals surface area contributed by atoms with Crippen molar-refractivity contribution in [1.29, 1.82) is 0 Å². The van der Waals surface area contributed by atoms with Crippen LogP contribution in [0.15, 0.2) is 0 Å². The van der Waals surface area contributed by atoms with Gasteiger partial charge in [0.1, 0.15) is 0 Å². The van der Waals surface area contributed by atoms with E-state index in [1.54, 1.807) is 0 Å². The first-order valence-electron chi connectivity index (χ1n) is 0.756. The van der Waals surface area contributed by atoms with E-state index in [1.165, 1.54) is 0 Å². The summed E-state index contributed by atoms with van der Waals surface area (Å²) in [5.41, 5.74) is 0. The molecule has 0 fully saturated rings. The molecule has 0 unspecified atom stereocenters. The van der Waals surface area contributed by atoms with Crippen molar-refractivity contribution in [3.05, 3.63) is 0 Å². The predicted molar refractivity (Wildman–Crippen MR) is 39.1 cm³/mol. The molecular weight excluding hydrogens is 382 g/mol. The van der Waals surface area contributed by atoms with Crippen molar-refractivity contribution in [3.63, 3.8) is 0 Å². The molecule has 0 aromatic heterocycles. The molecule has 0 aromatic carbocycles. The van der Waals surface area contributed by atoms with Crippen molar-refractivity contribution in [1.82, 2.24) is 0 Å². The Morgan fingerprint density at radius 3 is 0.833 bits per heavy atom. The van der Waals surface area contributed by atoms with Crippen LogP contribution in [0.1, 0.15) is 0 Å². The number of halogens is 4. The van der Waals surface area contributed by atoms with Gasteiger partial charge in [-0.05, 0) is 0 Å². The van der Waals surface area contributed by atoms with Crippen LogP contribution < -0.4 is 0 Å². The molecule has 0 aliphatic heterocycles. The Balaban J connectivity index is 0. The minimum absolute atomic E-state index is 0. The third-order valence-corrected chi connectivity index (χ3v) is 0. The van der Waals surface area contributed by atoms with Gasteiger partial charge in [0.15, 0.2) is 0 Å². The van der Waals surface area contributed by atoms with Crippen LogP contribution >= 0.6 is 35.7 Å². The van der Waals surface area contributed by atoms with Gasteiger partial charge < -0.3 is 0 Å². The summed E-state index contributed by atoms with van der Waals surface area (Å²) in [6.07, 6.45) is 0. The first-order valence-corrected chi connectivity index (χ1v) is 15.2. The molecule has 0 spiro atoms. The molecule has 0 aliphatic carbocycles. The van der Waals surface area contributed by atoms with Crippen LogP contribution in [0.2, 0.25) is 0 Å². The van der Waals surface area contributed by atoms with E-state index < -0.39 is 13.9 Å². The van der Waals surface area contributed by atoms with Gasteiger partial charge in [0.05, 0.1) is 0 Å². The third kappa shape index (κ3) is 29.3. The van der Waals surface area contributed by atoms with E-state index >= 15 is 0 Å². The normalized spacial score (nSPS) is 10.0. The van der Waals surface area contributed by atoms with Crippen molar-refractivity contribution >= 4 is 74.0 Å². The molecule has 0 bridgehead atoms. The van der Waals surface area contributed by atoms with Gasteiger partial charge in [0.2, 0.25) is 0 Å². The summed E-state index contributed by atoms with van der Waals surface area (Å²) in [5.74, 6) is 0. The Kier molecular flexibility index (Phi) is 8.93. The molecule has 0 saturated heterocycles. The molecule has 0 radical (unpaired) electrons. The van der Waals surface area contributed by atoms with E-state index in [4.69, 9.17) is 35.7 Å². The zero-order valence-corrected chi connectivity index (χ0v) is 12.6. The van der Waals surface area contributed by atoms with Gasteiger partial charge in [0.25, 0.3) is 0 Å². The summed E-state index contributed by atoms with van der Waals surface area (Å²) in [7, 11) is 20.1. The van der Waals surface area contributed by atoms with Crippen molar-refractivity contribution in [2.24, 2.45) is 0 Å². The molecule has 0 nitrogen and oxygen atoms in total. The third-order valence-electron chi connectivity index (χ3n) is 0. The standard InChI is InChI=1S/4ClH.Sb.Sn.3H/h4*1H;;;;;/q;;;;;+4;;;/p-4. The Bertz CT molecular complexity index is 23.0. The summed E-state index contributed by atoms with van der Waals surface area (Å²) in [6, 6.07) is 0.